The number of benzene rings is 2. The van der Waals surface area contributed by atoms with Gasteiger partial charge in [0.15, 0.2) is 5.78 Å². The molecule has 0 heterocycles. The van der Waals surface area contributed by atoms with E-state index in [0.29, 0.717) is 18.5 Å². The lowest BCUT2D eigenvalue weighted by Crippen LogP contribution is -2.24. The predicted octanol–water partition coefficient (Wildman–Crippen LogP) is 3.57. The van der Waals surface area contributed by atoms with E-state index >= 15 is 0 Å². The zero-order valence-electron chi connectivity index (χ0n) is 12.3. The Morgan fingerprint density at radius 2 is 1.81 bits per heavy atom. The molecule has 3 heteroatoms. The molecule has 0 saturated heterocycles. The Bertz CT molecular complexity index is 583. The maximum atomic E-state index is 13.1. The van der Waals surface area contributed by atoms with Gasteiger partial charge in [0, 0.05) is 25.1 Å². The summed E-state index contributed by atoms with van der Waals surface area (Å²) in [7, 11) is 2.00. The smallest absolute Gasteiger partial charge is 0.164 e. The molecule has 0 atom stereocenters. The summed E-state index contributed by atoms with van der Waals surface area (Å²) >= 11 is 0. The largest absolute Gasteiger partial charge is 0.306 e. The molecule has 2 aromatic carbocycles. The van der Waals surface area contributed by atoms with E-state index < -0.39 is 0 Å². The lowest BCUT2D eigenvalue weighted by molar-refractivity contribution is 0.0969. The Morgan fingerprint density at radius 3 is 2.52 bits per heavy atom. The summed E-state index contributed by atoms with van der Waals surface area (Å²) in [5.74, 6) is -0.376. The van der Waals surface area contributed by atoms with Crippen LogP contribution in [0.3, 0.4) is 0 Å². The standard InChI is InChI=1S/C18H20FNO/c1-20(12-10-15-6-3-2-4-7-15)13-11-18(21)16-8-5-9-17(19)14-16/h2-9,14H,10-13H2,1H3. The molecule has 0 aromatic heterocycles. The fourth-order valence-corrected chi connectivity index (χ4v) is 2.18. The van der Waals surface area contributed by atoms with Crippen molar-refractivity contribution in [1.82, 2.24) is 4.90 Å². The second-order valence-electron chi connectivity index (χ2n) is 5.22. The fourth-order valence-electron chi connectivity index (χ4n) is 2.18. The van der Waals surface area contributed by atoms with Crippen LogP contribution in [0.15, 0.2) is 54.6 Å². The van der Waals surface area contributed by atoms with E-state index in [4.69, 9.17) is 0 Å². The molecule has 0 aliphatic carbocycles. The number of ketones is 1. The van der Waals surface area contributed by atoms with Crippen LogP contribution in [-0.2, 0) is 6.42 Å². The Balaban J connectivity index is 1.76. The zero-order chi connectivity index (χ0) is 15.1. The quantitative estimate of drug-likeness (QED) is 0.725. The summed E-state index contributed by atoms with van der Waals surface area (Å²) in [6.45, 7) is 1.59. The summed E-state index contributed by atoms with van der Waals surface area (Å²) in [5, 5.41) is 0. The maximum absolute atomic E-state index is 13.1. The number of halogens is 1. The Labute approximate surface area is 125 Å². The van der Waals surface area contributed by atoms with E-state index in [9.17, 15) is 9.18 Å². The average molecular weight is 285 g/mol. The zero-order valence-corrected chi connectivity index (χ0v) is 12.3. The van der Waals surface area contributed by atoms with E-state index in [2.05, 4.69) is 17.0 Å². The van der Waals surface area contributed by atoms with Crippen molar-refractivity contribution in [2.24, 2.45) is 0 Å². The van der Waals surface area contributed by atoms with Gasteiger partial charge in [0.05, 0.1) is 0 Å². The van der Waals surface area contributed by atoms with Gasteiger partial charge in [0.1, 0.15) is 5.82 Å². The van der Waals surface area contributed by atoms with Gasteiger partial charge in [0.2, 0.25) is 0 Å². The second kappa shape index (κ2) is 7.70. The van der Waals surface area contributed by atoms with Crippen molar-refractivity contribution in [2.75, 3.05) is 20.1 Å². The number of likely N-dealkylation sites (N-methyl/N-ethyl adjacent to an activating group) is 1. The van der Waals surface area contributed by atoms with Gasteiger partial charge in [-0.3, -0.25) is 4.79 Å². The molecule has 0 radical (unpaired) electrons. The fraction of sp³-hybridized carbons (Fsp3) is 0.278. The van der Waals surface area contributed by atoms with Crippen molar-refractivity contribution in [1.29, 1.82) is 0 Å². The number of rotatable bonds is 7. The molecule has 21 heavy (non-hydrogen) atoms. The van der Waals surface area contributed by atoms with Crippen LogP contribution in [-0.4, -0.2) is 30.8 Å². The average Bonchev–Trinajstić information content (AvgIpc) is 2.51. The van der Waals surface area contributed by atoms with Gasteiger partial charge in [0.25, 0.3) is 0 Å². The van der Waals surface area contributed by atoms with Gasteiger partial charge in [-0.05, 0) is 31.2 Å². The molecule has 0 unspecified atom stereocenters. The highest BCUT2D eigenvalue weighted by atomic mass is 19.1. The highest BCUT2D eigenvalue weighted by molar-refractivity contribution is 5.96. The molecule has 2 rings (SSSR count). The monoisotopic (exact) mass is 285 g/mol. The Hall–Kier alpha value is -2.00. The Kier molecular flexibility index (Phi) is 5.64. The molecule has 0 bridgehead atoms. The van der Waals surface area contributed by atoms with Gasteiger partial charge < -0.3 is 4.90 Å². The topological polar surface area (TPSA) is 20.3 Å². The maximum Gasteiger partial charge on any atom is 0.164 e. The Morgan fingerprint density at radius 1 is 1.05 bits per heavy atom. The molecule has 0 N–H and O–H groups in total. The van der Waals surface area contributed by atoms with Crippen LogP contribution >= 0.6 is 0 Å². The molecule has 0 aliphatic rings. The first-order valence-electron chi connectivity index (χ1n) is 7.16. The molecule has 0 aliphatic heterocycles. The van der Waals surface area contributed by atoms with E-state index in [-0.39, 0.29) is 11.6 Å². The van der Waals surface area contributed by atoms with Crippen molar-refractivity contribution in [3.63, 3.8) is 0 Å². The molecule has 0 spiro atoms. The van der Waals surface area contributed by atoms with Crippen LogP contribution < -0.4 is 0 Å². The van der Waals surface area contributed by atoms with E-state index in [0.717, 1.165) is 13.0 Å². The molecule has 110 valence electrons. The third-order valence-corrected chi connectivity index (χ3v) is 3.49. The van der Waals surface area contributed by atoms with Crippen LogP contribution in [0.5, 0.6) is 0 Å². The van der Waals surface area contributed by atoms with Crippen LogP contribution in [0, 0.1) is 5.82 Å². The summed E-state index contributed by atoms with van der Waals surface area (Å²) in [4.78, 5) is 14.1. The molecule has 0 amide bonds. The number of carbonyl (C=O) groups is 1. The molecule has 0 saturated carbocycles. The lowest BCUT2D eigenvalue weighted by Gasteiger charge is -2.16. The predicted molar refractivity (Wildman–Crippen MR) is 83.0 cm³/mol. The van der Waals surface area contributed by atoms with Crippen molar-refractivity contribution < 1.29 is 9.18 Å². The lowest BCUT2D eigenvalue weighted by atomic mass is 10.1. The minimum atomic E-state index is -0.363. The van der Waals surface area contributed by atoms with Gasteiger partial charge in [-0.1, -0.05) is 42.5 Å². The molecular formula is C18H20FNO. The number of hydrogen-bond acceptors (Lipinski definition) is 2. The minimum Gasteiger partial charge on any atom is -0.306 e. The van der Waals surface area contributed by atoms with Crippen molar-refractivity contribution in [3.05, 3.63) is 71.5 Å². The van der Waals surface area contributed by atoms with Crippen molar-refractivity contribution in [3.8, 4) is 0 Å². The first kappa shape index (κ1) is 15.4. The molecule has 2 nitrogen and oxygen atoms in total. The summed E-state index contributed by atoms with van der Waals surface area (Å²) < 4.78 is 13.1. The van der Waals surface area contributed by atoms with Crippen molar-refractivity contribution in [2.45, 2.75) is 12.8 Å². The second-order valence-corrected chi connectivity index (χ2v) is 5.22. The highest BCUT2D eigenvalue weighted by Gasteiger charge is 2.08. The van der Waals surface area contributed by atoms with Crippen LogP contribution in [0.2, 0.25) is 0 Å². The molecule has 0 fully saturated rings. The van der Waals surface area contributed by atoms with E-state index in [1.807, 2.05) is 25.2 Å². The number of Topliss-reactive ketones (excluding diaryl/α,β-unsaturated/α-hetero) is 1. The van der Waals surface area contributed by atoms with Gasteiger partial charge in [-0.25, -0.2) is 4.39 Å². The highest BCUT2D eigenvalue weighted by Crippen LogP contribution is 2.07. The van der Waals surface area contributed by atoms with Crippen LogP contribution in [0.1, 0.15) is 22.3 Å². The SMILES string of the molecule is CN(CCC(=O)c1cccc(F)c1)CCc1ccccc1. The summed E-state index contributed by atoms with van der Waals surface area (Å²) in [6.07, 6.45) is 1.38. The summed E-state index contributed by atoms with van der Waals surface area (Å²) in [5.41, 5.74) is 1.74. The number of nitrogens with zero attached hydrogens (tertiary/aromatic N) is 1. The molecular weight excluding hydrogens is 265 g/mol. The third-order valence-electron chi connectivity index (χ3n) is 3.49. The normalized spacial score (nSPS) is 10.8. The van der Waals surface area contributed by atoms with E-state index in [1.54, 1.807) is 12.1 Å². The van der Waals surface area contributed by atoms with Crippen LogP contribution in [0.25, 0.3) is 0 Å². The summed E-state index contributed by atoms with van der Waals surface area (Å²) in [6, 6.07) is 16.2. The third kappa shape index (κ3) is 5.12. The molecule has 2 aromatic rings. The van der Waals surface area contributed by atoms with Crippen LogP contribution in [0.4, 0.5) is 4.39 Å². The number of carbonyl (C=O) groups excluding carboxylic acids is 1. The van der Waals surface area contributed by atoms with Gasteiger partial charge >= 0.3 is 0 Å². The van der Waals surface area contributed by atoms with Gasteiger partial charge in [-0.2, -0.15) is 0 Å². The first-order chi connectivity index (χ1) is 10.1. The van der Waals surface area contributed by atoms with Gasteiger partial charge in [-0.15, -0.1) is 0 Å². The van der Waals surface area contributed by atoms with E-state index in [1.165, 1.54) is 17.7 Å². The number of hydrogen-bond donors (Lipinski definition) is 0. The first-order valence-corrected chi connectivity index (χ1v) is 7.16. The van der Waals surface area contributed by atoms with Crippen molar-refractivity contribution >= 4 is 5.78 Å². The minimum absolute atomic E-state index is 0.0129.